The van der Waals surface area contributed by atoms with E-state index in [1.54, 1.807) is 24.5 Å². The molecule has 2 rings (SSSR count). The van der Waals surface area contributed by atoms with E-state index in [-0.39, 0.29) is 11.9 Å². The van der Waals surface area contributed by atoms with Crippen LogP contribution in [0.4, 0.5) is 0 Å². The Balaban J connectivity index is 1.85. The summed E-state index contributed by atoms with van der Waals surface area (Å²) in [4.78, 5) is 4.34. The number of piperidine rings is 1. The molecule has 0 radical (unpaired) electrons. The Hall–Kier alpha value is -0.980. The molecule has 0 saturated carbocycles. The molecule has 6 heteroatoms. The zero-order valence-electron chi connectivity index (χ0n) is 12.7. The van der Waals surface area contributed by atoms with Crippen LogP contribution in [0.3, 0.4) is 0 Å². The third kappa shape index (κ3) is 4.76. The second-order valence-electron chi connectivity index (χ2n) is 5.69. The van der Waals surface area contributed by atoms with E-state index in [1.807, 2.05) is 18.2 Å². The largest absolute Gasteiger partial charge is 0.381 e. The van der Waals surface area contributed by atoms with Gasteiger partial charge in [-0.25, -0.2) is 12.7 Å². The summed E-state index contributed by atoms with van der Waals surface area (Å²) in [6, 6.07) is 5.94. The first-order valence-corrected chi connectivity index (χ1v) is 9.02. The highest BCUT2D eigenvalue weighted by molar-refractivity contribution is 7.89. The summed E-state index contributed by atoms with van der Waals surface area (Å²) in [5, 5.41) is 0. The number of hydrogen-bond acceptors (Lipinski definition) is 4. The maximum atomic E-state index is 12.3. The lowest BCUT2D eigenvalue weighted by molar-refractivity contribution is 0.134. The molecule has 1 unspecified atom stereocenters. The highest BCUT2D eigenvalue weighted by atomic mass is 32.2. The number of aromatic nitrogens is 1. The summed E-state index contributed by atoms with van der Waals surface area (Å²) in [6.45, 7) is 3.00. The van der Waals surface area contributed by atoms with Crippen molar-refractivity contribution in [2.45, 2.75) is 32.3 Å². The monoisotopic (exact) mass is 312 g/mol. The molecule has 0 N–H and O–H groups in total. The van der Waals surface area contributed by atoms with Crippen LogP contribution in [0, 0.1) is 5.92 Å². The van der Waals surface area contributed by atoms with Gasteiger partial charge in [0.1, 0.15) is 0 Å². The van der Waals surface area contributed by atoms with Gasteiger partial charge < -0.3 is 4.74 Å². The molecular weight excluding hydrogens is 288 g/mol. The molecule has 1 aromatic heterocycles. The molecule has 0 amide bonds. The first-order valence-electron chi connectivity index (χ1n) is 7.42. The Kier molecular flexibility index (Phi) is 5.72. The molecule has 21 heavy (non-hydrogen) atoms. The summed E-state index contributed by atoms with van der Waals surface area (Å²) in [5.74, 6) is 0.584. The predicted octanol–water partition coefficient (Wildman–Crippen LogP) is 1.70. The number of hydrogen-bond donors (Lipinski definition) is 0. The summed E-state index contributed by atoms with van der Waals surface area (Å²) >= 11 is 0. The van der Waals surface area contributed by atoms with Gasteiger partial charge >= 0.3 is 0 Å². The third-order valence-electron chi connectivity index (χ3n) is 4.04. The Labute approximate surface area is 127 Å². The smallest absolute Gasteiger partial charge is 0.216 e. The Morgan fingerprint density at radius 1 is 1.38 bits per heavy atom. The van der Waals surface area contributed by atoms with E-state index in [0.717, 1.165) is 25.0 Å². The van der Waals surface area contributed by atoms with Crippen molar-refractivity contribution < 1.29 is 13.2 Å². The summed E-state index contributed by atoms with van der Waals surface area (Å²) in [7, 11) is -1.66. The molecule has 2 heterocycles. The normalized spacial score (nSPS) is 19.5. The van der Waals surface area contributed by atoms with Crippen LogP contribution in [0.5, 0.6) is 0 Å². The molecule has 1 saturated heterocycles. The van der Waals surface area contributed by atoms with Gasteiger partial charge in [-0.2, -0.15) is 0 Å². The molecule has 0 spiro atoms. The molecule has 5 nitrogen and oxygen atoms in total. The first kappa shape index (κ1) is 16.4. The standard InChI is InChI=1S/C15H24N2O3S/c1-13(20-2)12-21(18,19)17-9-6-14(7-10-17)11-15-5-3-4-8-16-15/h3-5,8,13-14H,6-7,9-12H2,1-2H3. The lowest BCUT2D eigenvalue weighted by Crippen LogP contribution is -2.42. The van der Waals surface area contributed by atoms with Crippen LogP contribution in [0.1, 0.15) is 25.5 Å². The van der Waals surface area contributed by atoms with Crippen molar-refractivity contribution in [1.29, 1.82) is 0 Å². The van der Waals surface area contributed by atoms with Crippen molar-refractivity contribution in [2.75, 3.05) is 26.0 Å². The average molecular weight is 312 g/mol. The van der Waals surface area contributed by atoms with Gasteiger partial charge in [0.25, 0.3) is 0 Å². The molecule has 1 aromatic rings. The number of ether oxygens (including phenoxy) is 1. The third-order valence-corrected chi connectivity index (χ3v) is 6.08. The van der Waals surface area contributed by atoms with Crippen LogP contribution in [0.15, 0.2) is 24.4 Å². The van der Waals surface area contributed by atoms with Gasteiger partial charge in [0.2, 0.25) is 10.0 Å². The minimum Gasteiger partial charge on any atom is -0.381 e. The quantitative estimate of drug-likeness (QED) is 0.802. The molecule has 0 aliphatic carbocycles. The van der Waals surface area contributed by atoms with Crippen LogP contribution < -0.4 is 0 Å². The summed E-state index contributed by atoms with van der Waals surface area (Å²) in [6.07, 6.45) is 4.28. The fourth-order valence-electron chi connectivity index (χ4n) is 2.68. The van der Waals surface area contributed by atoms with E-state index in [1.165, 1.54) is 0 Å². The Morgan fingerprint density at radius 3 is 2.67 bits per heavy atom. The second-order valence-corrected chi connectivity index (χ2v) is 7.71. The van der Waals surface area contributed by atoms with Gasteiger partial charge in [-0.15, -0.1) is 0 Å². The number of rotatable bonds is 6. The molecule has 1 atom stereocenters. The number of sulfonamides is 1. The van der Waals surface area contributed by atoms with E-state index < -0.39 is 10.0 Å². The maximum absolute atomic E-state index is 12.3. The molecule has 1 aliphatic heterocycles. The van der Waals surface area contributed by atoms with Crippen molar-refractivity contribution in [3.8, 4) is 0 Å². The lowest BCUT2D eigenvalue weighted by atomic mass is 9.93. The van der Waals surface area contributed by atoms with Crippen LogP contribution >= 0.6 is 0 Å². The predicted molar refractivity (Wildman–Crippen MR) is 82.5 cm³/mol. The van der Waals surface area contributed by atoms with Crippen LogP contribution in [-0.2, 0) is 21.2 Å². The zero-order valence-corrected chi connectivity index (χ0v) is 13.6. The van der Waals surface area contributed by atoms with E-state index >= 15 is 0 Å². The Bertz CT molecular complexity index is 525. The van der Waals surface area contributed by atoms with Crippen molar-refractivity contribution in [2.24, 2.45) is 5.92 Å². The Morgan fingerprint density at radius 2 is 2.10 bits per heavy atom. The van der Waals surface area contributed by atoms with Gasteiger partial charge in [0.05, 0.1) is 11.9 Å². The molecule has 0 bridgehead atoms. The average Bonchev–Trinajstić information content (AvgIpc) is 2.48. The molecular formula is C15H24N2O3S. The second kappa shape index (κ2) is 7.33. The van der Waals surface area contributed by atoms with Gasteiger partial charge in [-0.1, -0.05) is 6.07 Å². The fourth-order valence-corrected chi connectivity index (χ4v) is 4.38. The van der Waals surface area contributed by atoms with E-state index in [0.29, 0.717) is 19.0 Å². The minimum absolute atomic E-state index is 0.0639. The van der Waals surface area contributed by atoms with E-state index in [2.05, 4.69) is 4.98 Å². The summed E-state index contributed by atoms with van der Waals surface area (Å²) < 4.78 is 31.2. The minimum atomic E-state index is -3.20. The maximum Gasteiger partial charge on any atom is 0.216 e. The van der Waals surface area contributed by atoms with Crippen LogP contribution in [0.2, 0.25) is 0 Å². The van der Waals surface area contributed by atoms with Crippen LogP contribution in [-0.4, -0.2) is 49.8 Å². The molecule has 0 aromatic carbocycles. The fraction of sp³-hybridized carbons (Fsp3) is 0.667. The molecule has 1 aliphatic rings. The zero-order chi connectivity index (χ0) is 15.3. The van der Waals surface area contributed by atoms with Gasteiger partial charge in [0.15, 0.2) is 0 Å². The van der Waals surface area contributed by atoms with E-state index in [4.69, 9.17) is 4.74 Å². The van der Waals surface area contributed by atoms with Crippen molar-refractivity contribution in [1.82, 2.24) is 9.29 Å². The topological polar surface area (TPSA) is 59.5 Å². The van der Waals surface area contributed by atoms with Crippen molar-refractivity contribution >= 4 is 10.0 Å². The highest BCUT2D eigenvalue weighted by Gasteiger charge is 2.29. The number of pyridine rings is 1. The van der Waals surface area contributed by atoms with Gasteiger partial charge in [-0.05, 0) is 44.2 Å². The number of methoxy groups -OCH3 is 1. The highest BCUT2D eigenvalue weighted by Crippen LogP contribution is 2.23. The number of nitrogens with zero attached hydrogens (tertiary/aromatic N) is 2. The first-order chi connectivity index (χ1) is 10.0. The van der Waals surface area contributed by atoms with Crippen molar-refractivity contribution in [3.05, 3.63) is 30.1 Å². The van der Waals surface area contributed by atoms with Crippen molar-refractivity contribution in [3.63, 3.8) is 0 Å². The summed E-state index contributed by atoms with van der Waals surface area (Å²) in [5.41, 5.74) is 1.09. The van der Waals surface area contributed by atoms with Gasteiger partial charge in [-0.3, -0.25) is 4.98 Å². The SMILES string of the molecule is COC(C)CS(=O)(=O)N1CCC(Cc2ccccn2)CC1. The van der Waals surface area contributed by atoms with Crippen LogP contribution in [0.25, 0.3) is 0 Å². The lowest BCUT2D eigenvalue weighted by Gasteiger charge is -2.31. The van der Waals surface area contributed by atoms with Gasteiger partial charge in [0, 0.05) is 32.1 Å². The van der Waals surface area contributed by atoms with E-state index in [9.17, 15) is 8.42 Å². The molecule has 1 fully saturated rings. The molecule has 118 valence electrons.